The topological polar surface area (TPSA) is 29.9 Å². The van der Waals surface area contributed by atoms with Gasteiger partial charge < -0.3 is 9.97 Å². The van der Waals surface area contributed by atoms with Crippen LogP contribution in [0.5, 0.6) is 0 Å². The normalized spacial score (nSPS) is 14.8. The second kappa shape index (κ2) is 9.69. The summed E-state index contributed by atoms with van der Waals surface area (Å²) in [6.45, 7) is 12.4. The molecule has 1 unspecified atom stereocenters. The van der Waals surface area contributed by atoms with E-state index in [4.69, 9.17) is 4.98 Å². The largest absolute Gasteiger partial charge is 1.00 e. The zero-order chi connectivity index (χ0) is 18.8. The maximum Gasteiger partial charge on any atom is 1.00 e. The summed E-state index contributed by atoms with van der Waals surface area (Å²) in [7, 11) is 0. The first-order chi connectivity index (χ1) is 12.7. The molecular formula is C24H29N2Rb. The van der Waals surface area contributed by atoms with Gasteiger partial charge in [-0.25, -0.2) is 0 Å². The van der Waals surface area contributed by atoms with Gasteiger partial charge in [0.15, 0.2) is 0 Å². The molecule has 0 aliphatic heterocycles. The number of rotatable bonds is 0. The SMILES string of the molecule is CC.CC.Cc1ccc2c(c1)[n-]c1cc3c4c([nH]c3cc12)CC(C)C=C4.[Rb+]. The van der Waals surface area contributed by atoms with E-state index < -0.39 is 0 Å². The Morgan fingerprint density at radius 2 is 1.63 bits per heavy atom. The van der Waals surface area contributed by atoms with Crippen molar-refractivity contribution >= 4 is 38.8 Å². The van der Waals surface area contributed by atoms with Gasteiger partial charge in [0.2, 0.25) is 0 Å². The molecule has 0 saturated heterocycles. The van der Waals surface area contributed by atoms with Crippen LogP contribution in [0.3, 0.4) is 0 Å². The van der Waals surface area contributed by atoms with Crippen molar-refractivity contribution in [2.24, 2.45) is 5.92 Å². The third kappa shape index (κ3) is 4.19. The fraction of sp³-hybridized carbons (Fsp3) is 0.333. The number of fused-ring (bicyclic) bond motifs is 6. The summed E-state index contributed by atoms with van der Waals surface area (Å²) in [5.74, 6) is 0.612. The molecule has 136 valence electrons. The predicted molar refractivity (Wildman–Crippen MR) is 116 cm³/mol. The molecule has 4 aromatic rings. The molecule has 3 heteroatoms. The number of aryl methyl sites for hydroxylation is 1. The van der Waals surface area contributed by atoms with Crippen LogP contribution < -0.4 is 63.2 Å². The summed E-state index contributed by atoms with van der Waals surface area (Å²) in [6.07, 6.45) is 5.66. The van der Waals surface area contributed by atoms with Crippen LogP contribution in [0.4, 0.5) is 0 Å². The second-order valence-electron chi connectivity index (χ2n) is 6.61. The molecular weight excluding hydrogens is 402 g/mol. The van der Waals surface area contributed by atoms with Gasteiger partial charge in [0.05, 0.1) is 0 Å². The van der Waals surface area contributed by atoms with E-state index in [1.165, 1.54) is 38.5 Å². The molecule has 27 heavy (non-hydrogen) atoms. The molecule has 2 heterocycles. The van der Waals surface area contributed by atoms with E-state index in [1.54, 1.807) is 0 Å². The van der Waals surface area contributed by atoms with E-state index in [9.17, 15) is 0 Å². The van der Waals surface area contributed by atoms with E-state index in [1.807, 2.05) is 27.7 Å². The number of H-pyrrole nitrogens is 1. The van der Waals surface area contributed by atoms with Crippen LogP contribution in [0.25, 0.3) is 38.8 Å². The molecule has 0 bridgehead atoms. The molecule has 0 radical (unpaired) electrons. The van der Waals surface area contributed by atoms with Gasteiger partial charge in [0.25, 0.3) is 0 Å². The summed E-state index contributed by atoms with van der Waals surface area (Å²) in [6, 6.07) is 11.0. The van der Waals surface area contributed by atoms with E-state index >= 15 is 0 Å². The van der Waals surface area contributed by atoms with Crippen LogP contribution in [0.2, 0.25) is 0 Å². The molecule has 0 fully saturated rings. The number of aromatic amines is 1. The molecule has 2 aromatic heterocycles. The average Bonchev–Trinajstić information content (AvgIpc) is 3.19. The summed E-state index contributed by atoms with van der Waals surface area (Å²) in [4.78, 5) is 8.46. The number of nitrogens with zero attached hydrogens (tertiary/aromatic N) is 1. The van der Waals surface area contributed by atoms with Crippen LogP contribution in [-0.2, 0) is 6.42 Å². The molecule has 1 aliphatic rings. The molecule has 0 saturated carbocycles. The summed E-state index contributed by atoms with van der Waals surface area (Å²) >= 11 is 0. The number of hydrogen-bond acceptors (Lipinski definition) is 0. The standard InChI is InChI=1S/C20H17N2.2C2H6.Rb/c1-11-3-5-13-15-9-20-16(10-19(15)21-17(13)7-11)14-6-4-12(2)8-18(14)22-20;2*1-2;/h3-7,9-10,12,22H,8H2,1-2H3;2*1-2H3;/q-1;;;+1. The number of hydrogen-bond donors (Lipinski definition) is 1. The van der Waals surface area contributed by atoms with Gasteiger partial charge in [0.1, 0.15) is 0 Å². The van der Waals surface area contributed by atoms with Crippen molar-refractivity contribution in [1.82, 2.24) is 9.97 Å². The molecule has 1 atom stereocenters. The van der Waals surface area contributed by atoms with Crippen LogP contribution in [0.15, 0.2) is 36.4 Å². The van der Waals surface area contributed by atoms with Crippen molar-refractivity contribution in [3.63, 3.8) is 0 Å². The van der Waals surface area contributed by atoms with Crippen molar-refractivity contribution in [1.29, 1.82) is 0 Å². The molecule has 5 rings (SSSR count). The van der Waals surface area contributed by atoms with Gasteiger partial charge in [-0.3, -0.25) is 0 Å². The quantitative estimate of drug-likeness (QED) is 0.449. The molecule has 1 aliphatic carbocycles. The molecule has 2 nitrogen and oxygen atoms in total. The van der Waals surface area contributed by atoms with Crippen LogP contribution in [-0.4, -0.2) is 4.98 Å². The van der Waals surface area contributed by atoms with Crippen LogP contribution in [0.1, 0.15) is 51.4 Å². The van der Waals surface area contributed by atoms with E-state index in [-0.39, 0.29) is 58.2 Å². The van der Waals surface area contributed by atoms with Gasteiger partial charge in [-0.1, -0.05) is 76.6 Å². The Morgan fingerprint density at radius 1 is 0.926 bits per heavy atom. The van der Waals surface area contributed by atoms with Crippen molar-refractivity contribution in [2.45, 2.75) is 48.0 Å². The molecule has 1 N–H and O–H groups in total. The van der Waals surface area contributed by atoms with Gasteiger partial charge in [-0.05, 0) is 36.1 Å². The minimum atomic E-state index is 0. The van der Waals surface area contributed by atoms with E-state index in [0.29, 0.717) is 5.92 Å². The first-order valence-electron chi connectivity index (χ1n) is 9.88. The molecule has 0 spiro atoms. The third-order valence-electron chi connectivity index (χ3n) is 4.84. The van der Waals surface area contributed by atoms with Crippen molar-refractivity contribution < 1.29 is 58.2 Å². The first-order valence-corrected chi connectivity index (χ1v) is 9.88. The Morgan fingerprint density at radius 3 is 2.37 bits per heavy atom. The van der Waals surface area contributed by atoms with Gasteiger partial charge >= 0.3 is 58.2 Å². The Balaban J connectivity index is 0.000000493. The van der Waals surface area contributed by atoms with Crippen LogP contribution in [0, 0.1) is 12.8 Å². The summed E-state index contributed by atoms with van der Waals surface area (Å²) < 4.78 is 0. The monoisotopic (exact) mass is 430 g/mol. The fourth-order valence-electron chi connectivity index (χ4n) is 3.71. The van der Waals surface area contributed by atoms with E-state index in [0.717, 1.165) is 17.5 Å². The summed E-state index contributed by atoms with van der Waals surface area (Å²) in [5.41, 5.74) is 7.39. The zero-order valence-corrected chi connectivity index (χ0v) is 22.7. The Bertz CT molecular complexity index is 1080. The smallest absolute Gasteiger partial charge is 0.657 e. The number of aromatic nitrogens is 2. The third-order valence-corrected chi connectivity index (χ3v) is 4.84. The van der Waals surface area contributed by atoms with Crippen LogP contribution >= 0.6 is 0 Å². The molecule has 0 amide bonds. The fourth-order valence-corrected chi connectivity index (χ4v) is 3.71. The minimum Gasteiger partial charge on any atom is -0.657 e. The minimum absolute atomic E-state index is 0. The van der Waals surface area contributed by atoms with Gasteiger partial charge in [0, 0.05) is 22.2 Å². The average molecular weight is 431 g/mol. The predicted octanol–water partition coefficient (Wildman–Crippen LogP) is 4.00. The molecule has 2 aromatic carbocycles. The maximum absolute atomic E-state index is 4.83. The van der Waals surface area contributed by atoms with E-state index in [2.05, 4.69) is 61.3 Å². The Kier molecular flexibility index (Phi) is 8.12. The van der Waals surface area contributed by atoms with Crippen molar-refractivity contribution in [3.05, 3.63) is 53.2 Å². The van der Waals surface area contributed by atoms with Gasteiger partial charge in [-0.15, -0.1) is 11.0 Å². The Labute approximate surface area is 211 Å². The number of allylic oxidation sites excluding steroid dienone is 1. The summed E-state index contributed by atoms with van der Waals surface area (Å²) in [5, 5.41) is 3.79. The van der Waals surface area contributed by atoms with Gasteiger partial charge in [-0.2, -0.15) is 0 Å². The first kappa shape index (κ1) is 22.6. The Hall–Kier alpha value is -0.675. The number of benzene rings is 2. The maximum atomic E-state index is 4.83. The number of nitrogens with one attached hydrogen (secondary N) is 1. The van der Waals surface area contributed by atoms with Crippen molar-refractivity contribution in [2.75, 3.05) is 0 Å². The second-order valence-corrected chi connectivity index (χ2v) is 6.61. The van der Waals surface area contributed by atoms with Crippen molar-refractivity contribution in [3.8, 4) is 0 Å². The zero-order valence-electron chi connectivity index (χ0n) is 17.8.